The zero-order valence-corrected chi connectivity index (χ0v) is 15.2. The minimum Gasteiger partial charge on any atom is -0.443 e. The lowest BCUT2D eigenvalue weighted by Gasteiger charge is -2.26. The van der Waals surface area contributed by atoms with Crippen LogP contribution in [0.1, 0.15) is 37.7 Å². The summed E-state index contributed by atoms with van der Waals surface area (Å²) in [6, 6.07) is 1.17. The highest BCUT2D eigenvalue weighted by Crippen LogP contribution is 2.35. The number of carbonyl (C=O) groups is 1. The topological polar surface area (TPSA) is 67.6 Å². The molecule has 0 bridgehead atoms. The van der Waals surface area contributed by atoms with Crippen molar-refractivity contribution in [3.05, 3.63) is 16.5 Å². The molecule has 21 heavy (non-hydrogen) atoms. The normalized spacial score (nSPS) is 20.0. The van der Waals surface area contributed by atoms with Crippen molar-refractivity contribution < 1.29 is 17.6 Å². The fraction of sp³-hybridized carbons (Fsp3) is 0.615. The van der Waals surface area contributed by atoms with Gasteiger partial charge in [0.2, 0.25) is 0 Å². The number of nitrogens with zero attached hydrogens (tertiary/aromatic N) is 1. The highest BCUT2D eigenvalue weighted by atomic mass is 79.9. The van der Waals surface area contributed by atoms with Crippen LogP contribution < -0.4 is 0 Å². The predicted molar refractivity (Wildman–Crippen MR) is 82.9 cm³/mol. The highest BCUT2D eigenvalue weighted by Gasteiger charge is 2.35. The summed E-state index contributed by atoms with van der Waals surface area (Å²) < 4.78 is 27.8. The van der Waals surface area contributed by atoms with Crippen molar-refractivity contribution in [1.29, 1.82) is 0 Å². The molecule has 0 saturated carbocycles. The number of halogens is 2. The molecule has 1 unspecified atom stereocenters. The molecule has 0 aliphatic carbocycles. The van der Waals surface area contributed by atoms with Crippen molar-refractivity contribution in [3.63, 3.8) is 0 Å². The molecule has 0 aromatic carbocycles. The second-order valence-electron chi connectivity index (χ2n) is 6.29. The van der Waals surface area contributed by atoms with Crippen LogP contribution in [0.25, 0.3) is 0 Å². The summed E-state index contributed by atoms with van der Waals surface area (Å²) in [4.78, 5) is 13.8. The molecule has 1 aromatic rings. The maximum Gasteiger partial charge on any atom is 0.289 e. The summed E-state index contributed by atoms with van der Waals surface area (Å²) in [5, 5.41) is 0. The van der Waals surface area contributed by atoms with Crippen LogP contribution in [-0.2, 0) is 9.05 Å². The van der Waals surface area contributed by atoms with Crippen LogP contribution in [0.2, 0.25) is 0 Å². The molecule has 1 fully saturated rings. The van der Waals surface area contributed by atoms with Crippen LogP contribution >= 0.6 is 26.6 Å². The Morgan fingerprint density at radius 3 is 2.52 bits per heavy atom. The molecule has 2 rings (SSSR count). The van der Waals surface area contributed by atoms with Gasteiger partial charge in [0, 0.05) is 29.8 Å². The minimum absolute atomic E-state index is 0.0179. The molecule has 1 aromatic heterocycles. The lowest BCUT2D eigenvalue weighted by Crippen LogP contribution is -2.30. The summed E-state index contributed by atoms with van der Waals surface area (Å²) >= 11 is 2.97. The standard InChI is InChI=1S/C13H17BrClNO4S/c1-13(2,3)8-4-5-16(7-8)12(17)9-6-10(11(14)20-9)21(15,18)19/h6,8H,4-5,7H2,1-3H3. The number of likely N-dealkylation sites (tertiary alicyclic amines) is 1. The molecule has 1 aliphatic rings. The lowest BCUT2D eigenvalue weighted by atomic mass is 9.80. The molecule has 118 valence electrons. The molecule has 5 nitrogen and oxygen atoms in total. The number of hydrogen-bond donors (Lipinski definition) is 0. The van der Waals surface area contributed by atoms with E-state index in [1.165, 1.54) is 6.07 Å². The van der Waals surface area contributed by atoms with E-state index >= 15 is 0 Å². The monoisotopic (exact) mass is 397 g/mol. The maximum absolute atomic E-state index is 12.4. The first-order valence-electron chi connectivity index (χ1n) is 6.53. The van der Waals surface area contributed by atoms with Crippen LogP contribution in [-0.4, -0.2) is 32.3 Å². The molecule has 0 spiro atoms. The second kappa shape index (κ2) is 5.59. The van der Waals surface area contributed by atoms with Crippen LogP contribution in [0.4, 0.5) is 0 Å². The highest BCUT2D eigenvalue weighted by molar-refractivity contribution is 9.10. The van der Waals surface area contributed by atoms with Crippen molar-refractivity contribution in [3.8, 4) is 0 Å². The van der Waals surface area contributed by atoms with Gasteiger partial charge in [-0.15, -0.1) is 0 Å². The van der Waals surface area contributed by atoms with Crippen molar-refractivity contribution in [2.24, 2.45) is 11.3 Å². The van der Waals surface area contributed by atoms with Crippen molar-refractivity contribution >= 4 is 41.6 Å². The van der Waals surface area contributed by atoms with Crippen molar-refractivity contribution in [2.45, 2.75) is 32.1 Å². The Labute approximate surface area is 137 Å². The van der Waals surface area contributed by atoms with E-state index < -0.39 is 9.05 Å². The smallest absolute Gasteiger partial charge is 0.289 e. The average molecular weight is 399 g/mol. The Kier molecular flexibility index (Phi) is 4.48. The molecule has 8 heteroatoms. The molecule has 1 atom stereocenters. The van der Waals surface area contributed by atoms with E-state index in [-0.39, 0.29) is 26.6 Å². The fourth-order valence-electron chi connectivity index (χ4n) is 2.43. The molecular weight excluding hydrogens is 382 g/mol. The molecule has 0 N–H and O–H groups in total. The van der Waals surface area contributed by atoms with Gasteiger partial charge in [-0.25, -0.2) is 8.42 Å². The zero-order chi connectivity index (χ0) is 16.0. The molecule has 1 aliphatic heterocycles. The first-order valence-corrected chi connectivity index (χ1v) is 9.63. The molecular formula is C13H17BrClNO4S. The lowest BCUT2D eigenvalue weighted by molar-refractivity contribution is 0.0743. The Morgan fingerprint density at radius 1 is 1.48 bits per heavy atom. The predicted octanol–water partition coefficient (Wildman–Crippen LogP) is 3.48. The van der Waals surface area contributed by atoms with Crippen molar-refractivity contribution in [2.75, 3.05) is 13.1 Å². The van der Waals surface area contributed by atoms with E-state index in [4.69, 9.17) is 15.1 Å². The van der Waals surface area contributed by atoms with Gasteiger partial charge in [-0.1, -0.05) is 20.8 Å². The summed E-state index contributed by atoms with van der Waals surface area (Å²) in [6.07, 6.45) is 0.928. The SMILES string of the molecule is CC(C)(C)C1CCN(C(=O)c2cc(S(=O)(=O)Cl)c(Br)o2)C1. The number of carbonyl (C=O) groups excluding carboxylic acids is 1. The van der Waals surface area contributed by atoms with Crippen LogP contribution in [0.3, 0.4) is 0 Å². The third-order valence-corrected chi connectivity index (χ3v) is 6.01. The molecule has 2 heterocycles. The molecule has 1 saturated heterocycles. The average Bonchev–Trinajstić information content (AvgIpc) is 2.92. The first-order chi connectivity index (χ1) is 9.50. The quantitative estimate of drug-likeness (QED) is 0.715. The van der Waals surface area contributed by atoms with E-state index in [0.717, 1.165) is 6.42 Å². The van der Waals surface area contributed by atoms with E-state index in [1.807, 2.05) is 0 Å². The Morgan fingerprint density at radius 2 is 2.10 bits per heavy atom. The van der Waals surface area contributed by atoms with E-state index in [0.29, 0.717) is 19.0 Å². The van der Waals surface area contributed by atoms with Gasteiger partial charge in [0.1, 0.15) is 4.90 Å². The number of amides is 1. The van der Waals surface area contributed by atoms with Gasteiger partial charge in [-0.05, 0) is 33.7 Å². The third-order valence-electron chi connectivity index (χ3n) is 3.83. The van der Waals surface area contributed by atoms with E-state index in [9.17, 15) is 13.2 Å². The molecule has 1 amide bonds. The minimum atomic E-state index is -3.94. The number of hydrogen-bond acceptors (Lipinski definition) is 4. The maximum atomic E-state index is 12.4. The van der Waals surface area contributed by atoms with Crippen LogP contribution in [0.5, 0.6) is 0 Å². The van der Waals surface area contributed by atoms with Gasteiger partial charge in [0.05, 0.1) is 0 Å². The van der Waals surface area contributed by atoms with Crippen molar-refractivity contribution in [1.82, 2.24) is 4.90 Å². The van der Waals surface area contributed by atoms with Gasteiger partial charge < -0.3 is 9.32 Å². The first kappa shape index (κ1) is 16.8. The van der Waals surface area contributed by atoms with Gasteiger partial charge in [-0.2, -0.15) is 0 Å². The number of furan rings is 1. The third kappa shape index (κ3) is 3.63. The van der Waals surface area contributed by atoms with Crippen LogP contribution in [0.15, 0.2) is 20.0 Å². The Balaban J connectivity index is 2.19. The summed E-state index contributed by atoms with van der Waals surface area (Å²) in [7, 11) is 1.34. The van der Waals surface area contributed by atoms with E-state index in [2.05, 4.69) is 36.7 Å². The number of rotatable bonds is 2. The molecule has 0 radical (unpaired) electrons. The fourth-order valence-corrected chi connectivity index (χ4v) is 4.46. The van der Waals surface area contributed by atoms with Gasteiger partial charge in [0.25, 0.3) is 15.0 Å². The van der Waals surface area contributed by atoms with Gasteiger partial charge in [-0.3, -0.25) is 4.79 Å². The Hall–Kier alpha value is -0.530. The van der Waals surface area contributed by atoms with E-state index in [1.54, 1.807) is 4.90 Å². The zero-order valence-electron chi connectivity index (χ0n) is 12.0. The summed E-state index contributed by atoms with van der Waals surface area (Å²) in [5.41, 5.74) is 0.128. The summed E-state index contributed by atoms with van der Waals surface area (Å²) in [5.74, 6) is 0.0840. The van der Waals surface area contributed by atoms with Gasteiger partial charge >= 0.3 is 0 Å². The van der Waals surface area contributed by atoms with Crippen LogP contribution in [0, 0.1) is 11.3 Å². The largest absolute Gasteiger partial charge is 0.443 e. The second-order valence-corrected chi connectivity index (χ2v) is 9.54. The van der Waals surface area contributed by atoms with Gasteiger partial charge in [0.15, 0.2) is 10.4 Å². The Bertz CT molecular complexity index is 662. The summed E-state index contributed by atoms with van der Waals surface area (Å²) in [6.45, 7) is 7.72.